The molecule has 16 heavy (non-hydrogen) atoms. The van der Waals surface area contributed by atoms with Crippen molar-refractivity contribution >= 4 is 5.69 Å². The Morgan fingerprint density at radius 2 is 2.00 bits per heavy atom. The van der Waals surface area contributed by atoms with Crippen LogP contribution in [-0.4, -0.2) is 18.1 Å². The molecule has 0 N–H and O–H groups in total. The third-order valence-electron chi connectivity index (χ3n) is 3.10. The fraction of sp³-hybridized carbons (Fsp3) is 0.538. The van der Waals surface area contributed by atoms with Gasteiger partial charge >= 0.3 is 0 Å². The fourth-order valence-corrected chi connectivity index (χ4v) is 2.51. The van der Waals surface area contributed by atoms with E-state index in [0.29, 0.717) is 5.69 Å². The van der Waals surface area contributed by atoms with Gasteiger partial charge in [-0.3, -0.25) is 0 Å². The van der Waals surface area contributed by atoms with Gasteiger partial charge in [-0.2, -0.15) is 5.26 Å². The molecule has 3 heteroatoms. The molecule has 1 aromatic rings. The molecule has 2 heterocycles. The summed E-state index contributed by atoms with van der Waals surface area (Å²) in [5.41, 5.74) is 1.62. The standard InChI is InChI=1S/C13H17N3/c1-10-5-11(2)9-16(8-10)13-4-3-12(6-14)15-7-13/h3-4,7,10-11H,5,8-9H2,1-2H3. The lowest BCUT2D eigenvalue weighted by molar-refractivity contribution is 0.357. The van der Waals surface area contributed by atoms with E-state index in [1.165, 1.54) is 6.42 Å². The molecule has 1 aliphatic rings. The Balaban J connectivity index is 2.14. The highest BCUT2D eigenvalue weighted by Gasteiger charge is 2.21. The van der Waals surface area contributed by atoms with E-state index in [4.69, 9.17) is 5.26 Å². The van der Waals surface area contributed by atoms with Crippen LogP contribution in [0.25, 0.3) is 0 Å². The predicted octanol–water partition coefficient (Wildman–Crippen LogP) is 2.44. The number of nitrogens with zero attached hydrogens (tertiary/aromatic N) is 3. The van der Waals surface area contributed by atoms with Gasteiger partial charge < -0.3 is 4.90 Å². The average Bonchev–Trinajstić information content (AvgIpc) is 2.28. The molecule has 2 atom stereocenters. The van der Waals surface area contributed by atoms with Crippen molar-refractivity contribution in [1.29, 1.82) is 5.26 Å². The Hall–Kier alpha value is -1.56. The minimum absolute atomic E-state index is 0.488. The molecule has 1 saturated heterocycles. The van der Waals surface area contributed by atoms with Gasteiger partial charge in [-0.05, 0) is 30.4 Å². The van der Waals surface area contributed by atoms with E-state index < -0.39 is 0 Å². The van der Waals surface area contributed by atoms with Gasteiger partial charge in [-0.1, -0.05) is 13.8 Å². The molecular formula is C13H17N3. The van der Waals surface area contributed by atoms with E-state index in [2.05, 4.69) is 23.7 Å². The van der Waals surface area contributed by atoms with Crippen LogP contribution in [-0.2, 0) is 0 Å². The Morgan fingerprint density at radius 1 is 1.31 bits per heavy atom. The van der Waals surface area contributed by atoms with Gasteiger partial charge in [0.25, 0.3) is 0 Å². The van der Waals surface area contributed by atoms with Crippen molar-refractivity contribution in [2.75, 3.05) is 18.0 Å². The predicted molar refractivity (Wildman–Crippen MR) is 64.1 cm³/mol. The van der Waals surface area contributed by atoms with Crippen molar-refractivity contribution in [3.05, 3.63) is 24.0 Å². The smallest absolute Gasteiger partial charge is 0.140 e. The van der Waals surface area contributed by atoms with Crippen LogP contribution in [0, 0.1) is 23.2 Å². The van der Waals surface area contributed by atoms with Crippen molar-refractivity contribution in [3.63, 3.8) is 0 Å². The molecular weight excluding hydrogens is 198 g/mol. The molecule has 0 bridgehead atoms. The van der Waals surface area contributed by atoms with E-state index >= 15 is 0 Å². The lowest BCUT2D eigenvalue weighted by atomic mass is 9.92. The molecule has 3 nitrogen and oxygen atoms in total. The minimum atomic E-state index is 0.488. The summed E-state index contributed by atoms with van der Waals surface area (Å²) in [5, 5.41) is 8.70. The van der Waals surface area contributed by atoms with Gasteiger partial charge in [0, 0.05) is 13.1 Å². The van der Waals surface area contributed by atoms with Crippen LogP contribution in [0.5, 0.6) is 0 Å². The second-order valence-electron chi connectivity index (χ2n) is 4.86. The van der Waals surface area contributed by atoms with E-state index in [0.717, 1.165) is 30.6 Å². The molecule has 1 aliphatic heterocycles. The van der Waals surface area contributed by atoms with Crippen molar-refractivity contribution in [1.82, 2.24) is 4.98 Å². The summed E-state index contributed by atoms with van der Waals surface area (Å²) in [6.45, 7) is 6.77. The average molecular weight is 215 g/mol. The van der Waals surface area contributed by atoms with Crippen molar-refractivity contribution in [2.45, 2.75) is 20.3 Å². The molecule has 1 fully saturated rings. The van der Waals surface area contributed by atoms with Gasteiger partial charge in [0.2, 0.25) is 0 Å². The van der Waals surface area contributed by atoms with Crippen LogP contribution in [0.1, 0.15) is 26.0 Å². The highest BCUT2D eigenvalue weighted by molar-refractivity contribution is 5.46. The molecule has 0 saturated carbocycles. The normalized spacial score (nSPS) is 25.2. The monoisotopic (exact) mass is 215 g/mol. The van der Waals surface area contributed by atoms with Gasteiger partial charge in [0.05, 0.1) is 11.9 Å². The summed E-state index contributed by atoms with van der Waals surface area (Å²) in [4.78, 5) is 6.49. The summed E-state index contributed by atoms with van der Waals surface area (Å²) in [7, 11) is 0. The van der Waals surface area contributed by atoms with E-state index in [1.807, 2.05) is 18.3 Å². The highest BCUT2D eigenvalue weighted by atomic mass is 15.1. The van der Waals surface area contributed by atoms with E-state index in [-0.39, 0.29) is 0 Å². The maximum Gasteiger partial charge on any atom is 0.140 e. The largest absolute Gasteiger partial charge is 0.370 e. The highest BCUT2D eigenvalue weighted by Crippen LogP contribution is 2.25. The van der Waals surface area contributed by atoms with Crippen LogP contribution in [0.3, 0.4) is 0 Å². The molecule has 2 unspecified atom stereocenters. The Kier molecular flexibility index (Phi) is 3.09. The zero-order chi connectivity index (χ0) is 11.5. The van der Waals surface area contributed by atoms with Crippen LogP contribution in [0.4, 0.5) is 5.69 Å². The summed E-state index contributed by atoms with van der Waals surface area (Å²) >= 11 is 0. The van der Waals surface area contributed by atoms with E-state index in [1.54, 1.807) is 6.07 Å². The van der Waals surface area contributed by atoms with Gasteiger partial charge in [0.1, 0.15) is 11.8 Å². The second-order valence-corrected chi connectivity index (χ2v) is 4.86. The van der Waals surface area contributed by atoms with Crippen molar-refractivity contribution in [2.24, 2.45) is 11.8 Å². The van der Waals surface area contributed by atoms with Crippen molar-refractivity contribution < 1.29 is 0 Å². The second kappa shape index (κ2) is 4.52. The Morgan fingerprint density at radius 3 is 2.50 bits per heavy atom. The summed E-state index contributed by atoms with van der Waals surface area (Å²) < 4.78 is 0. The van der Waals surface area contributed by atoms with Gasteiger partial charge in [-0.15, -0.1) is 0 Å². The van der Waals surface area contributed by atoms with Crippen LogP contribution in [0.2, 0.25) is 0 Å². The third kappa shape index (κ3) is 2.33. The number of anilines is 1. The molecule has 0 radical (unpaired) electrons. The zero-order valence-corrected chi connectivity index (χ0v) is 9.85. The number of hydrogen-bond acceptors (Lipinski definition) is 3. The fourth-order valence-electron chi connectivity index (χ4n) is 2.51. The van der Waals surface area contributed by atoms with E-state index in [9.17, 15) is 0 Å². The molecule has 84 valence electrons. The third-order valence-corrected chi connectivity index (χ3v) is 3.10. The summed E-state index contributed by atoms with van der Waals surface area (Å²) in [5.74, 6) is 1.47. The number of hydrogen-bond donors (Lipinski definition) is 0. The van der Waals surface area contributed by atoms with Crippen LogP contribution in [0.15, 0.2) is 18.3 Å². The summed E-state index contributed by atoms with van der Waals surface area (Å²) in [6, 6.07) is 5.83. The van der Waals surface area contributed by atoms with Gasteiger partial charge in [-0.25, -0.2) is 4.98 Å². The molecule has 2 rings (SSSR count). The number of pyridine rings is 1. The Labute approximate surface area is 96.7 Å². The zero-order valence-electron chi connectivity index (χ0n) is 9.85. The number of nitriles is 1. The SMILES string of the molecule is CC1CC(C)CN(c2ccc(C#N)nc2)C1. The van der Waals surface area contributed by atoms with Crippen LogP contribution < -0.4 is 4.90 Å². The first kappa shape index (κ1) is 10.9. The molecule has 0 aromatic carbocycles. The molecule has 0 amide bonds. The number of rotatable bonds is 1. The topological polar surface area (TPSA) is 39.9 Å². The molecule has 0 spiro atoms. The summed E-state index contributed by atoms with van der Waals surface area (Å²) in [6.07, 6.45) is 3.11. The maximum atomic E-state index is 8.70. The lowest BCUT2D eigenvalue weighted by Gasteiger charge is -2.36. The molecule has 0 aliphatic carbocycles. The first-order valence-electron chi connectivity index (χ1n) is 5.80. The Bertz CT molecular complexity index is 381. The molecule has 1 aromatic heterocycles. The minimum Gasteiger partial charge on any atom is -0.370 e. The number of aromatic nitrogens is 1. The van der Waals surface area contributed by atoms with Crippen molar-refractivity contribution in [3.8, 4) is 6.07 Å². The van der Waals surface area contributed by atoms with Crippen LogP contribution >= 0.6 is 0 Å². The quantitative estimate of drug-likeness (QED) is 0.722. The lowest BCUT2D eigenvalue weighted by Crippen LogP contribution is -2.38. The first-order valence-corrected chi connectivity index (χ1v) is 5.80. The number of piperidine rings is 1. The first-order chi connectivity index (χ1) is 7.69. The van der Waals surface area contributed by atoms with Gasteiger partial charge in [0.15, 0.2) is 0 Å². The maximum absolute atomic E-state index is 8.70.